The van der Waals surface area contributed by atoms with Gasteiger partial charge in [0, 0.05) is 27.0 Å². The highest BCUT2D eigenvalue weighted by molar-refractivity contribution is 9.11. The maximum Gasteiger partial charge on any atom is 0.269 e. The number of nitro benzene ring substituents is 1. The van der Waals surface area contributed by atoms with Crippen LogP contribution in [0.2, 0.25) is 0 Å². The van der Waals surface area contributed by atoms with E-state index in [-0.39, 0.29) is 16.3 Å². The van der Waals surface area contributed by atoms with Crippen LogP contribution in [0.5, 0.6) is 0 Å². The second-order valence-electron chi connectivity index (χ2n) is 4.23. The van der Waals surface area contributed by atoms with Gasteiger partial charge in [0.05, 0.1) is 4.92 Å². The summed E-state index contributed by atoms with van der Waals surface area (Å²) < 4.78 is 14.5. The standard InChI is InChI=1S/C14H10Br2FNO2/c15-11-2-1-3-13(17)14(11)12(16)8-9-4-6-10(7-5-9)18(19)20/h1-7,12H,8H2. The molecule has 6 heteroatoms. The molecule has 0 fully saturated rings. The minimum absolute atomic E-state index is 0.0481. The van der Waals surface area contributed by atoms with Crippen LogP contribution in [0.15, 0.2) is 46.9 Å². The fraction of sp³-hybridized carbons (Fsp3) is 0.143. The Morgan fingerprint density at radius 3 is 2.40 bits per heavy atom. The minimum Gasteiger partial charge on any atom is -0.258 e. The van der Waals surface area contributed by atoms with Gasteiger partial charge < -0.3 is 0 Å². The highest BCUT2D eigenvalue weighted by Gasteiger charge is 2.17. The van der Waals surface area contributed by atoms with Gasteiger partial charge in [0.25, 0.3) is 5.69 Å². The Morgan fingerprint density at radius 1 is 1.20 bits per heavy atom. The third-order valence-corrected chi connectivity index (χ3v) is 4.35. The quantitative estimate of drug-likeness (QED) is 0.402. The highest BCUT2D eigenvalue weighted by Crippen LogP contribution is 2.34. The Labute approximate surface area is 132 Å². The summed E-state index contributed by atoms with van der Waals surface area (Å²) in [6.07, 6.45) is 0.539. The average molecular weight is 403 g/mol. The highest BCUT2D eigenvalue weighted by atomic mass is 79.9. The van der Waals surface area contributed by atoms with Crippen molar-refractivity contribution in [3.8, 4) is 0 Å². The second-order valence-corrected chi connectivity index (χ2v) is 6.19. The van der Waals surface area contributed by atoms with Crippen LogP contribution in [0.1, 0.15) is 16.0 Å². The normalized spacial score (nSPS) is 12.2. The molecule has 0 radical (unpaired) electrons. The molecule has 0 aromatic heterocycles. The van der Waals surface area contributed by atoms with E-state index in [9.17, 15) is 14.5 Å². The average Bonchev–Trinajstić information content (AvgIpc) is 2.39. The van der Waals surface area contributed by atoms with Gasteiger partial charge in [-0.05, 0) is 24.1 Å². The van der Waals surface area contributed by atoms with Gasteiger partial charge in [-0.2, -0.15) is 0 Å². The molecule has 1 unspecified atom stereocenters. The molecule has 0 heterocycles. The molecular formula is C14H10Br2FNO2. The zero-order chi connectivity index (χ0) is 14.7. The lowest BCUT2D eigenvalue weighted by atomic mass is 10.0. The number of non-ortho nitro benzene ring substituents is 1. The maximum absolute atomic E-state index is 13.8. The van der Waals surface area contributed by atoms with Crippen molar-refractivity contribution in [3.05, 3.63) is 74.0 Å². The molecule has 1 atom stereocenters. The molecule has 0 bridgehead atoms. The molecule has 0 aliphatic carbocycles. The van der Waals surface area contributed by atoms with E-state index in [0.29, 0.717) is 16.5 Å². The molecular weight excluding hydrogens is 393 g/mol. The van der Waals surface area contributed by atoms with E-state index >= 15 is 0 Å². The van der Waals surface area contributed by atoms with E-state index in [1.807, 2.05) is 0 Å². The Balaban J connectivity index is 2.19. The summed E-state index contributed by atoms with van der Waals surface area (Å²) in [7, 11) is 0. The Kier molecular flexibility index (Phi) is 4.88. The van der Waals surface area contributed by atoms with Crippen LogP contribution in [0, 0.1) is 15.9 Å². The number of rotatable bonds is 4. The summed E-state index contributed by atoms with van der Waals surface area (Å²) in [4.78, 5) is 9.94. The zero-order valence-corrected chi connectivity index (χ0v) is 13.4. The lowest BCUT2D eigenvalue weighted by molar-refractivity contribution is -0.384. The molecule has 0 N–H and O–H groups in total. The first-order valence-corrected chi connectivity index (χ1v) is 7.51. The van der Waals surface area contributed by atoms with E-state index in [0.717, 1.165) is 5.56 Å². The predicted molar refractivity (Wildman–Crippen MR) is 82.6 cm³/mol. The third kappa shape index (κ3) is 3.43. The minimum atomic E-state index is -0.442. The van der Waals surface area contributed by atoms with Crippen molar-refractivity contribution in [2.24, 2.45) is 0 Å². The summed E-state index contributed by atoms with van der Waals surface area (Å²) in [5, 5.41) is 10.6. The number of benzene rings is 2. The fourth-order valence-electron chi connectivity index (χ4n) is 1.87. The smallest absolute Gasteiger partial charge is 0.258 e. The topological polar surface area (TPSA) is 43.1 Å². The van der Waals surface area contributed by atoms with Gasteiger partial charge in [-0.3, -0.25) is 10.1 Å². The summed E-state index contributed by atoms with van der Waals surface area (Å²) in [6.45, 7) is 0. The molecule has 20 heavy (non-hydrogen) atoms. The summed E-state index contributed by atoms with van der Waals surface area (Å²) in [5.74, 6) is -0.289. The van der Waals surface area contributed by atoms with Crippen molar-refractivity contribution in [1.82, 2.24) is 0 Å². The van der Waals surface area contributed by atoms with Gasteiger partial charge in [-0.1, -0.05) is 50.1 Å². The molecule has 104 valence electrons. The third-order valence-electron chi connectivity index (χ3n) is 2.88. The van der Waals surface area contributed by atoms with Crippen molar-refractivity contribution in [2.75, 3.05) is 0 Å². The molecule has 0 amide bonds. The number of nitro groups is 1. The SMILES string of the molecule is O=[N+]([O-])c1ccc(CC(Br)c2c(F)cccc2Br)cc1. The molecule has 0 saturated heterocycles. The van der Waals surface area contributed by atoms with Crippen LogP contribution >= 0.6 is 31.9 Å². The number of alkyl halides is 1. The Bertz CT molecular complexity index is 611. The predicted octanol–water partition coefficient (Wildman–Crippen LogP) is 5.18. The largest absolute Gasteiger partial charge is 0.269 e. The first kappa shape index (κ1) is 15.1. The molecule has 0 aliphatic heterocycles. The molecule has 0 aliphatic rings. The van der Waals surface area contributed by atoms with Gasteiger partial charge in [0.1, 0.15) is 5.82 Å². The van der Waals surface area contributed by atoms with Crippen LogP contribution in [0.25, 0.3) is 0 Å². The van der Waals surface area contributed by atoms with E-state index in [1.54, 1.807) is 24.3 Å². The molecule has 0 spiro atoms. The monoisotopic (exact) mass is 401 g/mol. The van der Waals surface area contributed by atoms with Crippen LogP contribution in [0.3, 0.4) is 0 Å². The maximum atomic E-state index is 13.8. The van der Waals surface area contributed by atoms with Crippen molar-refractivity contribution in [2.45, 2.75) is 11.2 Å². The first-order valence-electron chi connectivity index (χ1n) is 5.80. The summed E-state index contributed by atoms with van der Waals surface area (Å²) in [5.41, 5.74) is 1.49. The number of hydrogen-bond acceptors (Lipinski definition) is 2. The van der Waals surface area contributed by atoms with E-state index in [2.05, 4.69) is 31.9 Å². The van der Waals surface area contributed by atoms with E-state index < -0.39 is 4.92 Å². The lowest BCUT2D eigenvalue weighted by Gasteiger charge is -2.13. The fourth-order valence-corrected chi connectivity index (χ4v) is 3.64. The van der Waals surface area contributed by atoms with Crippen LogP contribution < -0.4 is 0 Å². The second kappa shape index (κ2) is 6.45. The van der Waals surface area contributed by atoms with Crippen LogP contribution in [-0.4, -0.2) is 4.92 Å². The molecule has 3 nitrogen and oxygen atoms in total. The van der Waals surface area contributed by atoms with Crippen LogP contribution in [0.4, 0.5) is 10.1 Å². The van der Waals surface area contributed by atoms with Crippen molar-refractivity contribution < 1.29 is 9.31 Å². The van der Waals surface area contributed by atoms with Gasteiger partial charge in [0.15, 0.2) is 0 Å². The molecule has 0 saturated carbocycles. The summed E-state index contributed by atoms with van der Waals surface area (Å²) in [6, 6.07) is 11.1. The molecule has 2 aromatic carbocycles. The van der Waals surface area contributed by atoms with E-state index in [4.69, 9.17) is 0 Å². The van der Waals surface area contributed by atoms with Gasteiger partial charge in [-0.15, -0.1) is 0 Å². The zero-order valence-electron chi connectivity index (χ0n) is 10.2. The van der Waals surface area contributed by atoms with Crippen molar-refractivity contribution in [3.63, 3.8) is 0 Å². The van der Waals surface area contributed by atoms with Crippen LogP contribution in [-0.2, 0) is 6.42 Å². The van der Waals surface area contributed by atoms with Gasteiger partial charge >= 0.3 is 0 Å². The summed E-state index contributed by atoms with van der Waals surface area (Å²) >= 11 is 6.80. The Hall–Kier alpha value is -1.27. The van der Waals surface area contributed by atoms with Crippen molar-refractivity contribution >= 4 is 37.5 Å². The first-order chi connectivity index (χ1) is 9.49. The number of halogens is 3. The van der Waals surface area contributed by atoms with Gasteiger partial charge in [0.2, 0.25) is 0 Å². The molecule has 2 rings (SSSR count). The number of hydrogen-bond donors (Lipinski definition) is 0. The molecule has 2 aromatic rings. The number of nitrogens with zero attached hydrogens (tertiary/aromatic N) is 1. The Morgan fingerprint density at radius 2 is 1.85 bits per heavy atom. The van der Waals surface area contributed by atoms with Gasteiger partial charge in [-0.25, -0.2) is 4.39 Å². The van der Waals surface area contributed by atoms with E-state index in [1.165, 1.54) is 18.2 Å². The lowest BCUT2D eigenvalue weighted by Crippen LogP contribution is -2.00. The van der Waals surface area contributed by atoms with Crippen molar-refractivity contribution in [1.29, 1.82) is 0 Å².